The lowest BCUT2D eigenvalue weighted by Gasteiger charge is -2.38. The number of hydrogen-bond acceptors (Lipinski definition) is 7. The van der Waals surface area contributed by atoms with Crippen molar-refractivity contribution >= 4 is 28.9 Å². The number of carboxylic acid groups (broad SMARTS) is 1. The van der Waals surface area contributed by atoms with Crippen molar-refractivity contribution in [1.29, 1.82) is 0 Å². The van der Waals surface area contributed by atoms with E-state index in [9.17, 15) is 19.4 Å². The largest absolute Gasteiger partial charge is 0.481 e. The molecular weight excluding hydrogens is 419 g/mol. The number of rotatable bonds is 5. The fourth-order valence-corrected chi connectivity index (χ4v) is 4.82. The molecule has 1 aliphatic carbocycles. The van der Waals surface area contributed by atoms with Crippen molar-refractivity contribution in [2.75, 3.05) is 5.32 Å². The Balaban J connectivity index is 1.56. The molecule has 0 saturated heterocycles. The molecule has 1 aliphatic rings. The van der Waals surface area contributed by atoms with E-state index in [0.29, 0.717) is 36.6 Å². The first kappa shape index (κ1) is 21.3. The molecule has 7 nitrogen and oxygen atoms in total. The van der Waals surface area contributed by atoms with Crippen LogP contribution >= 0.6 is 11.3 Å². The molecule has 1 saturated carbocycles. The van der Waals surface area contributed by atoms with Crippen molar-refractivity contribution in [2.45, 2.75) is 45.1 Å². The first-order valence-corrected chi connectivity index (χ1v) is 10.8. The Hall–Kier alpha value is -2.91. The molecule has 9 heteroatoms. The number of carbonyl (C=O) groups is 1. The highest BCUT2D eigenvalue weighted by molar-refractivity contribution is 7.15. The number of aliphatic hydroxyl groups is 1. The van der Waals surface area contributed by atoms with Crippen molar-refractivity contribution < 1.29 is 19.4 Å². The predicted octanol–water partition coefficient (Wildman–Crippen LogP) is 4.64. The van der Waals surface area contributed by atoms with Crippen LogP contribution in [0.15, 0.2) is 36.8 Å². The zero-order valence-electron chi connectivity index (χ0n) is 17.2. The van der Waals surface area contributed by atoms with E-state index in [1.807, 2.05) is 25.1 Å². The van der Waals surface area contributed by atoms with Crippen LogP contribution in [0.25, 0.3) is 10.4 Å². The second-order valence-corrected chi connectivity index (χ2v) is 9.40. The average Bonchev–Trinajstić information content (AvgIpc) is 3.23. The van der Waals surface area contributed by atoms with E-state index in [4.69, 9.17) is 0 Å². The van der Waals surface area contributed by atoms with E-state index in [1.165, 1.54) is 11.3 Å². The fourth-order valence-electron chi connectivity index (χ4n) is 3.77. The lowest BCUT2D eigenvalue weighted by molar-refractivity contribution is -0.153. The van der Waals surface area contributed by atoms with Gasteiger partial charge in [-0.3, -0.25) is 4.79 Å². The van der Waals surface area contributed by atoms with Crippen LogP contribution in [0.5, 0.6) is 0 Å². The van der Waals surface area contributed by atoms with E-state index in [1.54, 1.807) is 13.1 Å². The normalized spacial score (nSPS) is 23.5. The monoisotopic (exact) mass is 442 g/mol. The summed E-state index contributed by atoms with van der Waals surface area (Å²) >= 11 is 1.41. The number of anilines is 2. The molecule has 4 rings (SSSR count). The van der Waals surface area contributed by atoms with Crippen molar-refractivity contribution in [3.8, 4) is 10.4 Å². The summed E-state index contributed by atoms with van der Waals surface area (Å²) in [5.74, 6) is -1.03. The van der Waals surface area contributed by atoms with Gasteiger partial charge in [-0.15, -0.1) is 11.3 Å². The summed E-state index contributed by atoms with van der Waals surface area (Å²) in [5, 5.41) is 24.2. The van der Waals surface area contributed by atoms with E-state index in [-0.39, 0.29) is 0 Å². The maximum absolute atomic E-state index is 13.0. The van der Waals surface area contributed by atoms with Gasteiger partial charge in [-0.25, -0.2) is 19.3 Å². The lowest BCUT2D eigenvalue weighted by Crippen LogP contribution is -2.39. The van der Waals surface area contributed by atoms with Crippen LogP contribution in [-0.2, 0) is 10.4 Å². The maximum atomic E-state index is 13.0. The Morgan fingerprint density at radius 1 is 1.10 bits per heavy atom. The number of hydrogen-bond donors (Lipinski definition) is 3. The lowest BCUT2D eigenvalue weighted by atomic mass is 9.70. The van der Waals surface area contributed by atoms with Crippen molar-refractivity contribution in [2.24, 2.45) is 5.41 Å². The number of aromatic nitrogens is 3. The van der Waals surface area contributed by atoms with Crippen LogP contribution in [0.3, 0.4) is 0 Å². The summed E-state index contributed by atoms with van der Waals surface area (Å²) in [6, 6.07) is 5.86. The number of nitrogens with one attached hydrogen (secondary N) is 1. The number of halogens is 1. The third kappa shape index (κ3) is 4.42. The zero-order chi connectivity index (χ0) is 22.2. The van der Waals surface area contributed by atoms with Gasteiger partial charge in [-0.05, 0) is 62.8 Å². The molecule has 3 N–H and O–H groups in total. The number of thiazole rings is 1. The molecule has 1 aromatic carbocycles. The minimum absolute atomic E-state index is 0.293. The zero-order valence-corrected chi connectivity index (χ0v) is 18.0. The molecule has 0 atom stereocenters. The Morgan fingerprint density at radius 3 is 2.42 bits per heavy atom. The van der Waals surface area contributed by atoms with Crippen molar-refractivity contribution in [1.82, 2.24) is 15.0 Å². The number of carboxylic acids is 1. The van der Waals surface area contributed by atoms with Crippen LogP contribution in [-0.4, -0.2) is 31.1 Å². The SMILES string of the molecule is Cc1cc(Nc2ncc(F)cn2)cc(-c2cnc([C@]3(O)CC[C@](C)(C(=O)O)CC3)s2)c1. The summed E-state index contributed by atoms with van der Waals surface area (Å²) in [4.78, 5) is 24.7. The van der Waals surface area contributed by atoms with E-state index < -0.39 is 22.8 Å². The Labute approximate surface area is 183 Å². The Morgan fingerprint density at radius 2 is 1.77 bits per heavy atom. The van der Waals surface area contributed by atoms with Crippen LogP contribution < -0.4 is 5.32 Å². The molecule has 0 spiro atoms. The number of aryl methyl sites for hydroxylation is 1. The van der Waals surface area contributed by atoms with Gasteiger partial charge in [0.05, 0.1) is 22.7 Å². The van der Waals surface area contributed by atoms with E-state index in [2.05, 4.69) is 20.3 Å². The highest BCUT2D eigenvalue weighted by atomic mass is 32.1. The molecule has 0 bridgehead atoms. The summed E-state index contributed by atoms with van der Waals surface area (Å²) < 4.78 is 13.0. The maximum Gasteiger partial charge on any atom is 0.309 e. The van der Waals surface area contributed by atoms with Gasteiger partial charge >= 0.3 is 5.97 Å². The summed E-state index contributed by atoms with van der Waals surface area (Å²) in [6.07, 6.45) is 5.48. The van der Waals surface area contributed by atoms with Gasteiger partial charge in [0.25, 0.3) is 0 Å². The van der Waals surface area contributed by atoms with Gasteiger partial charge in [-0.1, -0.05) is 6.07 Å². The second-order valence-electron chi connectivity index (χ2n) is 8.36. The molecule has 2 heterocycles. The highest BCUT2D eigenvalue weighted by Crippen LogP contribution is 2.47. The molecule has 0 unspecified atom stereocenters. The number of nitrogens with zero attached hydrogens (tertiary/aromatic N) is 3. The number of benzene rings is 1. The Bertz CT molecular complexity index is 1110. The van der Waals surface area contributed by atoms with Gasteiger partial charge in [0, 0.05) is 11.9 Å². The van der Waals surface area contributed by atoms with Gasteiger partial charge in [0.1, 0.15) is 10.6 Å². The third-order valence-electron chi connectivity index (χ3n) is 5.84. The van der Waals surface area contributed by atoms with Crippen LogP contribution in [0.4, 0.5) is 16.0 Å². The minimum Gasteiger partial charge on any atom is -0.481 e. The summed E-state index contributed by atoms with van der Waals surface area (Å²) in [5.41, 5.74) is 0.773. The molecule has 162 valence electrons. The molecule has 1 fully saturated rings. The van der Waals surface area contributed by atoms with Crippen molar-refractivity contribution in [3.63, 3.8) is 0 Å². The van der Waals surface area contributed by atoms with Crippen LogP contribution in [0, 0.1) is 18.2 Å². The van der Waals surface area contributed by atoms with Gasteiger partial charge in [0.2, 0.25) is 5.95 Å². The minimum atomic E-state index is -1.11. The van der Waals surface area contributed by atoms with Gasteiger partial charge in [0.15, 0.2) is 5.82 Å². The van der Waals surface area contributed by atoms with Crippen LogP contribution in [0.2, 0.25) is 0 Å². The average molecular weight is 443 g/mol. The first-order valence-electron chi connectivity index (χ1n) is 9.96. The molecule has 0 amide bonds. The van der Waals surface area contributed by atoms with Crippen LogP contribution in [0.1, 0.15) is 43.2 Å². The standard InChI is InChI=1S/C22H23FN4O3S/c1-13-7-14(9-16(8-13)27-20-25-10-15(23)11-26-20)17-12-24-18(31-17)22(30)5-3-21(2,4-6-22)19(28)29/h7-12,30H,3-6H2,1-2H3,(H,28,29)(H,25,26,27)/t21-,22-. The smallest absolute Gasteiger partial charge is 0.309 e. The van der Waals surface area contributed by atoms with E-state index in [0.717, 1.165) is 34.1 Å². The number of aliphatic carboxylic acids is 1. The quantitative estimate of drug-likeness (QED) is 0.528. The first-order chi connectivity index (χ1) is 14.7. The topological polar surface area (TPSA) is 108 Å². The summed E-state index contributed by atoms with van der Waals surface area (Å²) in [7, 11) is 0. The molecular formula is C22H23FN4O3S. The molecule has 31 heavy (non-hydrogen) atoms. The molecule has 0 radical (unpaired) electrons. The molecule has 2 aromatic heterocycles. The summed E-state index contributed by atoms with van der Waals surface area (Å²) in [6.45, 7) is 3.69. The van der Waals surface area contributed by atoms with Gasteiger partial charge in [-0.2, -0.15) is 0 Å². The second kappa shape index (κ2) is 7.97. The molecule has 3 aromatic rings. The third-order valence-corrected chi connectivity index (χ3v) is 7.08. The van der Waals surface area contributed by atoms with Gasteiger partial charge < -0.3 is 15.5 Å². The highest BCUT2D eigenvalue weighted by Gasteiger charge is 2.45. The predicted molar refractivity (Wildman–Crippen MR) is 116 cm³/mol. The fraction of sp³-hybridized carbons (Fsp3) is 0.364. The van der Waals surface area contributed by atoms with E-state index >= 15 is 0 Å². The van der Waals surface area contributed by atoms with Crippen molar-refractivity contribution in [3.05, 3.63) is 53.2 Å². The Kier molecular flexibility index (Phi) is 5.49. The molecule has 0 aliphatic heterocycles.